The fourth-order valence-corrected chi connectivity index (χ4v) is 2.53. The highest BCUT2D eigenvalue weighted by Gasteiger charge is 2.44. The zero-order chi connectivity index (χ0) is 13.2. The number of hydrogen-bond donors (Lipinski definition) is 0. The second kappa shape index (κ2) is 4.78. The second-order valence-electron chi connectivity index (χ2n) is 5.04. The molecule has 0 radical (unpaired) electrons. The molecule has 0 unspecified atom stereocenters. The number of rotatable bonds is 3. The van der Waals surface area contributed by atoms with Gasteiger partial charge in [-0.15, -0.1) is 0 Å². The normalized spacial score (nSPS) is 22.6. The maximum Gasteiger partial charge on any atom is 0.425 e. The highest BCUT2D eigenvalue weighted by atomic mass is 19.4. The van der Waals surface area contributed by atoms with Crippen LogP contribution in [0.1, 0.15) is 25.7 Å². The standard InChI is InChI=1S/C11H15F3N2O2/c12-11(13,14)7-18-15-9-5-10(6-9)1-3-16(8-17)4-2-10/h8H,1-7H2. The first-order valence-electron chi connectivity index (χ1n) is 5.86. The molecule has 0 bridgehead atoms. The van der Waals surface area contributed by atoms with Gasteiger partial charge in [0.2, 0.25) is 13.0 Å². The van der Waals surface area contributed by atoms with Crippen molar-refractivity contribution in [2.24, 2.45) is 10.6 Å². The summed E-state index contributed by atoms with van der Waals surface area (Å²) in [6.07, 6.45) is -0.322. The van der Waals surface area contributed by atoms with E-state index in [9.17, 15) is 18.0 Å². The van der Waals surface area contributed by atoms with Gasteiger partial charge in [-0.2, -0.15) is 13.2 Å². The Bertz CT molecular complexity index is 337. The Balaban J connectivity index is 1.73. The van der Waals surface area contributed by atoms with Crippen molar-refractivity contribution in [3.05, 3.63) is 0 Å². The minimum atomic E-state index is -4.33. The van der Waals surface area contributed by atoms with Crippen LogP contribution in [-0.2, 0) is 9.63 Å². The number of amides is 1. The van der Waals surface area contributed by atoms with Gasteiger partial charge in [0, 0.05) is 13.1 Å². The molecule has 0 aromatic carbocycles. The molecule has 4 nitrogen and oxygen atoms in total. The van der Waals surface area contributed by atoms with Gasteiger partial charge in [0.15, 0.2) is 0 Å². The number of likely N-dealkylation sites (tertiary alicyclic amines) is 1. The molecule has 1 heterocycles. The first-order valence-corrected chi connectivity index (χ1v) is 5.86. The van der Waals surface area contributed by atoms with Crippen molar-refractivity contribution in [2.45, 2.75) is 31.9 Å². The summed E-state index contributed by atoms with van der Waals surface area (Å²) in [6, 6.07) is 0. The lowest BCUT2D eigenvalue weighted by atomic mass is 9.62. The molecular weight excluding hydrogens is 249 g/mol. The third-order valence-corrected chi connectivity index (χ3v) is 3.59. The Labute approximate surface area is 103 Å². The molecule has 102 valence electrons. The Hall–Kier alpha value is -1.27. The molecule has 18 heavy (non-hydrogen) atoms. The van der Waals surface area contributed by atoms with Gasteiger partial charge in [-0.1, -0.05) is 5.16 Å². The van der Waals surface area contributed by atoms with Crippen molar-refractivity contribution in [3.63, 3.8) is 0 Å². The number of carbonyl (C=O) groups is 1. The van der Waals surface area contributed by atoms with Crippen LogP contribution >= 0.6 is 0 Å². The molecule has 1 saturated carbocycles. The summed E-state index contributed by atoms with van der Waals surface area (Å²) in [5.41, 5.74) is 0.832. The lowest BCUT2D eigenvalue weighted by Crippen LogP contribution is -2.47. The molecule has 1 saturated heterocycles. The van der Waals surface area contributed by atoms with Crippen LogP contribution in [0.2, 0.25) is 0 Å². The van der Waals surface area contributed by atoms with Crippen LogP contribution in [0.3, 0.4) is 0 Å². The van der Waals surface area contributed by atoms with Crippen molar-refractivity contribution in [1.82, 2.24) is 4.90 Å². The van der Waals surface area contributed by atoms with Crippen LogP contribution in [0, 0.1) is 5.41 Å². The summed E-state index contributed by atoms with van der Waals surface area (Å²) >= 11 is 0. The third-order valence-electron chi connectivity index (χ3n) is 3.59. The maximum atomic E-state index is 11.8. The van der Waals surface area contributed by atoms with Crippen LogP contribution < -0.4 is 0 Å². The maximum absolute atomic E-state index is 11.8. The third kappa shape index (κ3) is 3.14. The number of hydrogen-bond acceptors (Lipinski definition) is 3. The molecule has 7 heteroatoms. The summed E-state index contributed by atoms with van der Waals surface area (Å²) in [5.74, 6) is 0. The van der Waals surface area contributed by atoms with Gasteiger partial charge in [0.25, 0.3) is 0 Å². The van der Waals surface area contributed by atoms with Gasteiger partial charge < -0.3 is 9.74 Å². The quantitative estimate of drug-likeness (QED) is 0.577. The van der Waals surface area contributed by atoms with Gasteiger partial charge in [-0.25, -0.2) is 0 Å². The Morgan fingerprint density at radius 2 is 1.94 bits per heavy atom. The number of halogens is 3. The zero-order valence-electron chi connectivity index (χ0n) is 9.87. The van der Waals surface area contributed by atoms with Crippen molar-refractivity contribution < 1.29 is 22.8 Å². The van der Waals surface area contributed by atoms with Gasteiger partial charge in [0.05, 0.1) is 5.71 Å². The summed E-state index contributed by atoms with van der Waals surface area (Å²) < 4.78 is 35.5. The molecule has 1 aliphatic heterocycles. The topological polar surface area (TPSA) is 41.9 Å². The van der Waals surface area contributed by atoms with Crippen LogP contribution in [-0.4, -0.2) is 42.9 Å². The van der Waals surface area contributed by atoms with Gasteiger partial charge in [0.1, 0.15) is 0 Å². The number of nitrogens with zero attached hydrogens (tertiary/aromatic N) is 2. The average molecular weight is 264 g/mol. The molecule has 2 rings (SSSR count). The van der Waals surface area contributed by atoms with E-state index in [1.54, 1.807) is 4.90 Å². The van der Waals surface area contributed by atoms with E-state index in [1.807, 2.05) is 0 Å². The largest absolute Gasteiger partial charge is 0.425 e. The van der Waals surface area contributed by atoms with Gasteiger partial charge in [-0.3, -0.25) is 4.79 Å². The van der Waals surface area contributed by atoms with E-state index in [4.69, 9.17) is 0 Å². The molecule has 2 aliphatic rings. The molecule has 0 aromatic rings. The van der Waals surface area contributed by atoms with E-state index in [2.05, 4.69) is 9.99 Å². The molecule has 1 amide bonds. The van der Waals surface area contributed by atoms with Crippen LogP contribution in [0.25, 0.3) is 0 Å². The lowest BCUT2D eigenvalue weighted by Gasteiger charge is -2.47. The second-order valence-corrected chi connectivity index (χ2v) is 5.04. The molecule has 0 N–H and O–H groups in total. The van der Waals surface area contributed by atoms with E-state index in [0.717, 1.165) is 32.3 Å². The van der Waals surface area contributed by atoms with Crippen molar-refractivity contribution in [3.8, 4) is 0 Å². The van der Waals surface area contributed by atoms with Gasteiger partial charge >= 0.3 is 6.18 Å². The van der Waals surface area contributed by atoms with Crippen LogP contribution in [0.4, 0.5) is 13.2 Å². The molecule has 0 aromatic heterocycles. The smallest absolute Gasteiger partial charge is 0.386 e. The lowest BCUT2D eigenvalue weighted by molar-refractivity contribution is -0.174. The minimum absolute atomic E-state index is 0.139. The van der Waals surface area contributed by atoms with Crippen molar-refractivity contribution in [2.75, 3.05) is 19.7 Å². The molecule has 2 fully saturated rings. The van der Waals surface area contributed by atoms with E-state index >= 15 is 0 Å². The average Bonchev–Trinajstić information content (AvgIpc) is 2.26. The first-order chi connectivity index (χ1) is 8.42. The Morgan fingerprint density at radius 1 is 1.33 bits per heavy atom. The minimum Gasteiger partial charge on any atom is -0.386 e. The van der Waals surface area contributed by atoms with E-state index in [1.165, 1.54) is 0 Å². The van der Waals surface area contributed by atoms with Crippen LogP contribution in [0.5, 0.6) is 0 Å². The number of alkyl halides is 3. The van der Waals surface area contributed by atoms with E-state index in [0.29, 0.717) is 18.6 Å². The summed E-state index contributed by atoms with van der Waals surface area (Å²) in [4.78, 5) is 16.6. The number of carbonyl (C=O) groups excluding carboxylic acids is 1. The Kier molecular flexibility index (Phi) is 3.49. The highest BCUT2D eigenvalue weighted by Crippen LogP contribution is 2.47. The Morgan fingerprint density at radius 3 is 2.44 bits per heavy atom. The highest BCUT2D eigenvalue weighted by molar-refractivity contribution is 5.91. The summed E-state index contributed by atoms with van der Waals surface area (Å²) in [6.45, 7) is 0.114. The predicted molar refractivity (Wildman–Crippen MR) is 58.0 cm³/mol. The molecule has 0 atom stereocenters. The van der Waals surface area contributed by atoms with Gasteiger partial charge in [-0.05, 0) is 31.1 Å². The van der Waals surface area contributed by atoms with E-state index in [-0.39, 0.29) is 5.41 Å². The SMILES string of the molecule is O=CN1CCC2(CC1)CC(=NOCC(F)(F)F)C2. The number of piperidine rings is 1. The van der Waals surface area contributed by atoms with Crippen molar-refractivity contribution in [1.29, 1.82) is 0 Å². The molecule has 1 spiro atoms. The fraction of sp³-hybridized carbons (Fsp3) is 0.818. The van der Waals surface area contributed by atoms with Crippen molar-refractivity contribution >= 4 is 12.1 Å². The molecule has 1 aliphatic carbocycles. The predicted octanol–water partition coefficient (Wildman–Crippen LogP) is 1.95. The van der Waals surface area contributed by atoms with Crippen LogP contribution in [0.15, 0.2) is 5.16 Å². The number of oxime groups is 1. The summed E-state index contributed by atoms with van der Waals surface area (Å²) in [5, 5.41) is 3.52. The summed E-state index contributed by atoms with van der Waals surface area (Å²) in [7, 11) is 0. The first kappa shape index (κ1) is 13.2. The van der Waals surface area contributed by atoms with E-state index < -0.39 is 12.8 Å². The fourth-order valence-electron chi connectivity index (χ4n) is 2.53. The zero-order valence-corrected chi connectivity index (χ0v) is 9.87. The monoisotopic (exact) mass is 264 g/mol. The molecular formula is C11H15F3N2O2.